The van der Waals surface area contributed by atoms with Gasteiger partial charge in [0.2, 0.25) is 0 Å². The van der Waals surface area contributed by atoms with Crippen LogP contribution in [0, 0.1) is 12.8 Å². The van der Waals surface area contributed by atoms with Crippen LogP contribution in [0.4, 0.5) is 0 Å². The molecule has 1 aromatic carbocycles. The molecule has 2 rings (SSSR count). The Morgan fingerprint density at radius 3 is 2.67 bits per heavy atom. The van der Waals surface area contributed by atoms with Crippen LogP contribution >= 0.6 is 11.6 Å². The minimum absolute atomic E-state index is 0.220. The Kier molecular flexibility index (Phi) is 4.02. The molecule has 0 aromatic heterocycles. The van der Waals surface area contributed by atoms with Crippen molar-refractivity contribution in [1.29, 1.82) is 0 Å². The molecular weight excluding hydrogens is 268 g/mol. The van der Waals surface area contributed by atoms with E-state index in [1.165, 1.54) is 19.1 Å². The van der Waals surface area contributed by atoms with Crippen LogP contribution in [-0.4, -0.2) is 14.7 Å². The van der Waals surface area contributed by atoms with Crippen LogP contribution in [0.3, 0.4) is 0 Å². The van der Waals surface area contributed by atoms with E-state index in [2.05, 4.69) is 6.92 Å². The van der Waals surface area contributed by atoms with Crippen molar-refractivity contribution in [1.82, 2.24) is 0 Å². The molecule has 0 spiro atoms. The van der Waals surface area contributed by atoms with E-state index in [4.69, 9.17) is 11.6 Å². The lowest BCUT2D eigenvalue weighted by Gasteiger charge is -2.19. The van der Waals surface area contributed by atoms with E-state index < -0.39 is 9.84 Å². The van der Waals surface area contributed by atoms with Crippen molar-refractivity contribution in [3.8, 4) is 0 Å². The second kappa shape index (κ2) is 5.22. The molecule has 2 unspecified atom stereocenters. The molecular formula is C14H18ClO2S. The third-order valence-corrected chi connectivity index (χ3v) is 5.39. The molecule has 0 heterocycles. The average Bonchev–Trinajstić information content (AvgIpc) is 2.74. The maximum atomic E-state index is 11.5. The van der Waals surface area contributed by atoms with Gasteiger partial charge in [0.1, 0.15) is 0 Å². The average molecular weight is 286 g/mol. The van der Waals surface area contributed by atoms with Crippen LogP contribution in [0.15, 0.2) is 23.1 Å². The molecule has 1 aliphatic carbocycles. The molecule has 2 nitrogen and oxygen atoms in total. The normalized spacial score (nSPS) is 24.4. The fourth-order valence-corrected chi connectivity index (χ4v) is 4.21. The highest BCUT2D eigenvalue weighted by Crippen LogP contribution is 2.42. The summed E-state index contributed by atoms with van der Waals surface area (Å²) in [5.74, 6) is 1.08. The van der Waals surface area contributed by atoms with Crippen LogP contribution in [0.25, 0.3) is 0 Å². The molecule has 0 N–H and O–H groups in total. The molecule has 0 aliphatic heterocycles. The summed E-state index contributed by atoms with van der Waals surface area (Å²) >= 11 is 6.09. The monoisotopic (exact) mass is 285 g/mol. The highest BCUT2D eigenvalue weighted by atomic mass is 35.5. The zero-order valence-corrected chi connectivity index (χ0v) is 12.1. The lowest BCUT2D eigenvalue weighted by atomic mass is 9.87. The SMILES string of the molecule is [CH2]CC1CCCC1c1ccc(S(C)(=O)=O)c(Cl)c1. The van der Waals surface area contributed by atoms with E-state index in [1.54, 1.807) is 6.07 Å². The first-order chi connectivity index (χ1) is 8.43. The quantitative estimate of drug-likeness (QED) is 0.845. The van der Waals surface area contributed by atoms with Gasteiger partial charge in [0.15, 0.2) is 9.84 Å². The Morgan fingerprint density at radius 2 is 2.11 bits per heavy atom. The topological polar surface area (TPSA) is 34.1 Å². The van der Waals surface area contributed by atoms with Crippen molar-refractivity contribution in [2.75, 3.05) is 6.26 Å². The number of hydrogen-bond donors (Lipinski definition) is 0. The summed E-state index contributed by atoms with van der Waals surface area (Å²) in [7, 11) is -3.24. The molecule has 1 saturated carbocycles. The van der Waals surface area contributed by atoms with E-state index in [9.17, 15) is 8.42 Å². The fourth-order valence-electron chi connectivity index (χ4n) is 2.87. The second-order valence-corrected chi connectivity index (χ2v) is 7.44. The summed E-state index contributed by atoms with van der Waals surface area (Å²) in [6.07, 6.45) is 5.68. The van der Waals surface area contributed by atoms with Crippen LogP contribution in [0.2, 0.25) is 5.02 Å². The largest absolute Gasteiger partial charge is 0.224 e. The molecule has 1 radical (unpaired) electrons. The fraction of sp³-hybridized carbons (Fsp3) is 0.500. The second-order valence-electron chi connectivity index (χ2n) is 5.05. The van der Waals surface area contributed by atoms with Gasteiger partial charge in [0, 0.05) is 6.26 Å². The van der Waals surface area contributed by atoms with Crippen LogP contribution in [0.1, 0.15) is 37.2 Å². The van der Waals surface area contributed by atoms with Gasteiger partial charge in [-0.3, -0.25) is 0 Å². The van der Waals surface area contributed by atoms with Crippen LogP contribution < -0.4 is 0 Å². The summed E-state index contributed by atoms with van der Waals surface area (Å²) < 4.78 is 23.0. The Bertz CT molecular complexity index is 537. The van der Waals surface area contributed by atoms with Crippen molar-refractivity contribution >= 4 is 21.4 Å². The lowest BCUT2D eigenvalue weighted by Crippen LogP contribution is -2.06. The Labute approximate surface area is 114 Å². The van der Waals surface area contributed by atoms with E-state index in [0.717, 1.165) is 18.4 Å². The Morgan fingerprint density at radius 1 is 1.39 bits per heavy atom. The number of halogens is 1. The van der Waals surface area contributed by atoms with Crippen LogP contribution in [0.5, 0.6) is 0 Å². The van der Waals surface area contributed by atoms with E-state index in [1.807, 2.05) is 12.1 Å². The third-order valence-electron chi connectivity index (χ3n) is 3.81. The highest BCUT2D eigenvalue weighted by Gasteiger charge is 2.27. The molecule has 2 atom stereocenters. The zero-order valence-electron chi connectivity index (χ0n) is 10.5. The summed E-state index contributed by atoms with van der Waals surface area (Å²) in [6.45, 7) is 3.99. The minimum Gasteiger partial charge on any atom is -0.224 e. The number of hydrogen-bond acceptors (Lipinski definition) is 2. The molecule has 1 aliphatic rings. The molecule has 18 heavy (non-hydrogen) atoms. The standard InChI is InChI=1S/C14H18ClO2S/c1-3-10-5-4-6-12(10)11-7-8-14(13(15)9-11)18(2,16)17/h7-10,12H,1,3-6H2,2H3. The molecule has 4 heteroatoms. The predicted molar refractivity (Wildman–Crippen MR) is 74.6 cm³/mol. The first-order valence-corrected chi connectivity index (χ1v) is 8.49. The highest BCUT2D eigenvalue weighted by molar-refractivity contribution is 7.90. The minimum atomic E-state index is -3.24. The molecule has 0 bridgehead atoms. The molecule has 1 fully saturated rings. The number of benzene rings is 1. The molecule has 0 amide bonds. The van der Waals surface area contributed by atoms with Gasteiger partial charge in [-0.1, -0.05) is 31.0 Å². The van der Waals surface area contributed by atoms with Gasteiger partial charge in [-0.05, 0) is 48.8 Å². The Balaban J connectivity index is 2.35. The molecule has 1 aromatic rings. The van der Waals surface area contributed by atoms with E-state index in [-0.39, 0.29) is 4.90 Å². The number of rotatable bonds is 3. The third kappa shape index (κ3) is 2.72. The maximum absolute atomic E-state index is 11.5. The summed E-state index contributed by atoms with van der Waals surface area (Å²) in [5.41, 5.74) is 1.15. The summed E-state index contributed by atoms with van der Waals surface area (Å²) in [4.78, 5) is 0.220. The first-order valence-electron chi connectivity index (χ1n) is 6.22. The first kappa shape index (κ1) is 13.9. The van der Waals surface area contributed by atoms with Crippen molar-refractivity contribution in [3.63, 3.8) is 0 Å². The maximum Gasteiger partial charge on any atom is 0.176 e. The molecule has 99 valence electrons. The van der Waals surface area contributed by atoms with Crippen molar-refractivity contribution in [2.24, 2.45) is 5.92 Å². The van der Waals surface area contributed by atoms with Crippen molar-refractivity contribution in [2.45, 2.75) is 36.5 Å². The summed E-state index contributed by atoms with van der Waals surface area (Å²) in [6, 6.07) is 5.35. The summed E-state index contributed by atoms with van der Waals surface area (Å²) in [5, 5.41) is 0.338. The smallest absolute Gasteiger partial charge is 0.176 e. The van der Waals surface area contributed by atoms with Crippen LogP contribution in [-0.2, 0) is 9.84 Å². The van der Waals surface area contributed by atoms with E-state index in [0.29, 0.717) is 16.9 Å². The van der Waals surface area contributed by atoms with Gasteiger partial charge < -0.3 is 0 Å². The van der Waals surface area contributed by atoms with Crippen molar-refractivity contribution in [3.05, 3.63) is 35.7 Å². The Hall–Kier alpha value is -0.540. The van der Waals surface area contributed by atoms with Gasteiger partial charge in [-0.15, -0.1) is 0 Å². The van der Waals surface area contributed by atoms with Gasteiger partial charge >= 0.3 is 0 Å². The van der Waals surface area contributed by atoms with Crippen molar-refractivity contribution < 1.29 is 8.42 Å². The van der Waals surface area contributed by atoms with Gasteiger partial charge in [0.25, 0.3) is 0 Å². The molecule has 0 saturated heterocycles. The van der Waals surface area contributed by atoms with E-state index >= 15 is 0 Å². The van der Waals surface area contributed by atoms with Gasteiger partial charge in [0.05, 0.1) is 9.92 Å². The van der Waals surface area contributed by atoms with Gasteiger partial charge in [-0.2, -0.15) is 0 Å². The van der Waals surface area contributed by atoms with Gasteiger partial charge in [-0.25, -0.2) is 8.42 Å². The predicted octanol–water partition coefficient (Wildman–Crippen LogP) is 3.85. The lowest BCUT2D eigenvalue weighted by molar-refractivity contribution is 0.489. The zero-order chi connectivity index (χ0) is 13.3. The number of sulfone groups is 1.